The number of nitrogens with zero attached hydrogens (tertiary/aromatic N) is 3. The molecular formula is C18H15Cl3N4O. The van der Waals surface area contributed by atoms with Gasteiger partial charge in [0.2, 0.25) is 3.79 Å². The molecule has 0 aliphatic heterocycles. The number of hydrazone groups is 1. The van der Waals surface area contributed by atoms with Gasteiger partial charge in [-0.15, -0.1) is 0 Å². The summed E-state index contributed by atoms with van der Waals surface area (Å²) in [6.45, 7) is 1.98. The lowest BCUT2D eigenvalue weighted by molar-refractivity contribution is 0.414. The van der Waals surface area contributed by atoms with Crippen LogP contribution in [0.3, 0.4) is 0 Å². The summed E-state index contributed by atoms with van der Waals surface area (Å²) in [5, 5.41) is 5.03. The van der Waals surface area contributed by atoms with Crippen LogP contribution in [0.25, 0.3) is 10.9 Å². The summed E-state index contributed by atoms with van der Waals surface area (Å²) in [6, 6.07) is 13.2. The fourth-order valence-corrected chi connectivity index (χ4v) is 2.64. The number of hydrogen-bond donors (Lipinski definition) is 1. The molecule has 0 amide bonds. The molecule has 3 aromatic rings. The van der Waals surface area contributed by atoms with Crippen molar-refractivity contribution in [1.29, 1.82) is 0 Å². The maximum Gasteiger partial charge on any atom is 0.250 e. The van der Waals surface area contributed by atoms with Crippen LogP contribution < -0.4 is 10.2 Å². The average molecular weight is 410 g/mol. The van der Waals surface area contributed by atoms with Gasteiger partial charge in [-0.05, 0) is 31.2 Å². The highest BCUT2D eigenvalue weighted by Crippen LogP contribution is 2.37. The highest BCUT2D eigenvalue weighted by molar-refractivity contribution is 6.66. The Morgan fingerprint density at radius 3 is 2.62 bits per heavy atom. The van der Waals surface area contributed by atoms with E-state index in [1.165, 1.54) is 0 Å². The molecule has 5 nitrogen and oxygen atoms in total. The first-order valence-electron chi connectivity index (χ1n) is 7.66. The SMILES string of the molecule is COc1ccccc1/C=N/Nc1nc(C(Cl)(Cl)Cl)nc2ccc(C)cc12. The Morgan fingerprint density at radius 2 is 1.88 bits per heavy atom. The van der Waals surface area contributed by atoms with Crippen molar-refractivity contribution in [3.05, 3.63) is 59.4 Å². The standard InChI is InChI=1S/C18H15Cl3N4O/c1-11-7-8-14-13(9-11)16(24-17(23-14)18(19,20)21)25-22-10-12-5-3-4-6-15(12)26-2/h3-10H,1-2H3,(H,23,24,25)/b22-10+. The second-order valence-corrected chi connectivity index (χ2v) is 7.81. The molecule has 1 aromatic heterocycles. The molecular weight excluding hydrogens is 395 g/mol. The molecule has 3 rings (SSSR count). The first kappa shape index (κ1) is 18.7. The molecule has 0 atom stereocenters. The Morgan fingerprint density at radius 1 is 1.12 bits per heavy atom. The molecule has 134 valence electrons. The van der Waals surface area contributed by atoms with Crippen LogP contribution in [0, 0.1) is 6.92 Å². The number of rotatable bonds is 4. The van der Waals surface area contributed by atoms with Gasteiger partial charge in [-0.1, -0.05) is 58.6 Å². The summed E-state index contributed by atoms with van der Waals surface area (Å²) in [5.74, 6) is 1.24. The van der Waals surface area contributed by atoms with E-state index in [1.54, 1.807) is 13.3 Å². The monoisotopic (exact) mass is 408 g/mol. The normalized spacial score (nSPS) is 11.9. The van der Waals surface area contributed by atoms with Crippen LogP contribution >= 0.6 is 34.8 Å². The molecule has 0 bridgehead atoms. The zero-order valence-electron chi connectivity index (χ0n) is 14.0. The Kier molecular flexibility index (Phi) is 5.51. The molecule has 0 aliphatic rings. The number of aromatic nitrogens is 2. The molecule has 8 heteroatoms. The maximum atomic E-state index is 5.95. The summed E-state index contributed by atoms with van der Waals surface area (Å²) >= 11 is 17.9. The number of methoxy groups -OCH3 is 1. The van der Waals surface area contributed by atoms with Crippen molar-refractivity contribution in [2.75, 3.05) is 12.5 Å². The number of hydrogen-bond acceptors (Lipinski definition) is 5. The van der Waals surface area contributed by atoms with E-state index in [2.05, 4.69) is 20.5 Å². The van der Waals surface area contributed by atoms with Crippen molar-refractivity contribution < 1.29 is 4.74 Å². The Balaban J connectivity index is 2.00. The molecule has 0 fully saturated rings. The fourth-order valence-electron chi connectivity index (χ4n) is 2.39. The van der Waals surface area contributed by atoms with Crippen molar-refractivity contribution in [3.8, 4) is 5.75 Å². The third-order valence-electron chi connectivity index (χ3n) is 3.62. The maximum absolute atomic E-state index is 5.95. The van der Waals surface area contributed by atoms with Crippen LogP contribution in [0.5, 0.6) is 5.75 Å². The zero-order valence-corrected chi connectivity index (χ0v) is 16.3. The predicted molar refractivity (Wildman–Crippen MR) is 108 cm³/mol. The quantitative estimate of drug-likeness (QED) is 0.364. The highest BCUT2D eigenvalue weighted by atomic mass is 35.6. The van der Waals surface area contributed by atoms with Crippen LogP contribution in [-0.2, 0) is 3.79 Å². The molecule has 0 aliphatic carbocycles. The van der Waals surface area contributed by atoms with Gasteiger partial charge in [0.15, 0.2) is 11.6 Å². The van der Waals surface area contributed by atoms with Crippen LogP contribution in [-0.4, -0.2) is 23.3 Å². The van der Waals surface area contributed by atoms with Gasteiger partial charge in [0, 0.05) is 10.9 Å². The largest absolute Gasteiger partial charge is 0.496 e. The number of para-hydroxylation sites is 1. The average Bonchev–Trinajstić information content (AvgIpc) is 2.61. The number of alkyl halides is 3. The van der Waals surface area contributed by atoms with Gasteiger partial charge in [-0.3, -0.25) is 5.43 Å². The number of benzene rings is 2. The van der Waals surface area contributed by atoms with E-state index in [1.807, 2.05) is 49.4 Å². The van der Waals surface area contributed by atoms with Crippen molar-refractivity contribution in [1.82, 2.24) is 9.97 Å². The summed E-state index contributed by atoms with van der Waals surface area (Å²) < 4.78 is 3.57. The van der Waals surface area contributed by atoms with Crippen molar-refractivity contribution in [2.45, 2.75) is 10.7 Å². The number of aryl methyl sites for hydroxylation is 1. The number of ether oxygens (including phenoxy) is 1. The van der Waals surface area contributed by atoms with E-state index in [4.69, 9.17) is 39.5 Å². The minimum absolute atomic E-state index is 0.0776. The number of nitrogens with one attached hydrogen (secondary N) is 1. The Labute approximate surface area is 166 Å². The lowest BCUT2D eigenvalue weighted by atomic mass is 10.1. The molecule has 0 saturated heterocycles. The van der Waals surface area contributed by atoms with Crippen molar-refractivity contribution in [2.24, 2.45) is 5.10 Å². The van der Waals surface area contributed by atoms with Gasteiger partial charge in [0.1, 0.15) is 5.75 Å². The Hall–Kier alpha value is -2.08. The molecule has 0 radical (unpaired) electrons. The second-order valence-electron chi connectivity index (χ2n) is 5.53. The first-order valence-corrected chi connectivity index (χ1v) is 8.79. The lowest BCUT2D eigenvalue weighted by Crippen LogP contribution is -2.09. The van der Waals surface area contributed by atoms with E-state index in [-0.39, 0.29) is 5.82 Å². The van der Waals surface area contributed by atoms with E-state index in [0.29, 0.717) is 17.1 Å². The molecule has 0 unspecified atom stereocenters. The molecule has 1 heterocycles. The van der Waals surface area contributed by atoms with E-state index in [0.717, 1.165) is 16.5 Å². The minimum Gasteiger partial charge on any atom is -0.496 e. The van der Waals surface area contributed by atoms with Crippen LogP contribution in [0.1, 0.15) is 17.0 Å². The van der Waals surface area contributed by atoms with E-state index < -0.39 is 3.79 Å². The van der Waals surface area contributed by atoms with Gasteiger partial charge >= 0.3 is 0 Å². The zero-order chi connectivity index (χ0) is 18.7. The topological polar surface area (TPSA) is 59.4 Å². The second kappa shape index (κ2) is 7.66. The van der Waals surface area contributed by atoms with Gasteiger partial charge in [0.25, 0.3) is 0 Å². The molecule has 1 N–H and O–H groups in total. The molecule has 0 spiro atoms. The van der Waals surface area contributed by atoms with Crippen LogP contribution in [0.15, 0.2) is 47.6 Å². The molecule has 2 aromatic carbocycles. The number of halogens is 3. The molecule has 0 saturated carbocycles. The Bertz CT molecular complexity index is 970. The molecule has 26 heavy (non-hydrogen) atoms. The summed E-state index contributed by atoms with van der Waals surface area (Å²) in [6.07, 6.45) is 1.64. The smallest absolute Gasteiger partial charge is 0.250 e. The van der Waals surface area contributed by atoms with Crippen LogP contribution in [0.2, 0.25) is 0 Å². The third kappa shape index (κ3) is 4.18. The van der Waals surface area contributed by atoms with Crippen LogP contribution in [0.4, 0.5) is 5.82 Å². The third-order valence-corrected chi connectivity index (χ3v) is 4.12. The predicted octanol–water partition coefficient (Wildman–Crippen LogP) is 5.22. The summed E-state index contributed by atoms with van der Waals surface area (Å²) in [7, 11) is 1.61. The first-order chi connectivity index (χ1) is 12.4. The van der Waals surface area contributed by atoms with Crippen molar-refractivity contribution >= 4 is 57.7 Å². The minimum atomic E-state index is -1.73. The van der Waals surface area contributed by atoms with Crippen molar-refractivity contribution in [3.63, 3.8) is 0 Å². The summed E-state index contributed by atoms with van der Waals surface area (Å²) in [4.78, 5) is 8.65. The number of fused-ring (bicyclic) bond motifs is 1. The van der Waals surface area contributed by atoms with E-state index in [9.17, 15) is 0 Å². The highest BCUT2D eigenvalue weighted by Gasteiger charge is 2.28. The van der Waals surface area contributed by atoms with E-state index >= 15 is 0 Å². The van der Waals surface area contributed by atoms with Gasteiger partial charge < -0.3 is 4.74 Å². The lowest BCUT2D eigenvalue weighted by Gasteiger charge is -2.13. The van der Waals surface area contributed by atoms with Gasteiger partial charge in [-0.25, -0.2) is 9.97 Å². The summed E-state index contributed by atoms with van der Waals surface area (Å²) in [5.41, 5.74) is 5.44. The number of anilines is 1. The van der Waals surface area contributed by atoms with Gasteiger partial charge in [0.05, 0.1) is 18.8 Å². The van der Waals surface area contributed by atoms with Gasteiger partial charge in [-0.2, -0.15) is 5.10 Å². The fraction of sp³-hybridized carbons (Fsp3) is 0.167.